The molecule has 0 aromatic heterocycles. The van der Waals surface area contributed by atoms with Gasteiger partial charge >= 0.3 is 0 Å². The Hall–Kier alpha value is -1.44. The molecule has 1 aromatic rings. The Bertz CT molecular complexity index is 521. The summed E-state index contributed by atoms with van der Waals surface area (Å²) in [6.45, 7) is 7.72. The summed E-state index contributed by atoms with van der Waals surface area (Å²) in [4.78, 5) is 24.7. The molecule has 0 bridgehead atoms. The molecule has 6 nitrogen and oxygen atoms in total. The molecule has 0 spiro atoms. The number of carboxylic acid groups (broad SMARTS) is 1. The van der Waals surface area contributed by atoms with Gasteiger partial charge in [0.05, 0.1) is 31.2 Å². The Labute approximate surface area is 145 Å². The van der Waals surface area contributed by atoms with Gasteiger partial charge in [-0.3, -0.25) is 4.79 Å². The van der Waals surface area contributed by atoms with Crippen molar-refractivity contribution in [3.8, 4) is 0 Å². The topological polar surface area (TPSA) is 90.3 Å². The maximum Gasteiger partial charge on any atom is 0.230 e. The molecule has 0 aliphatic carbocycles. The monoisotopic (exact) mass is 386 g/mol. The van der Waals surface area contributed by atoms with Crippen LogP contribution in [0.4, 0.5) is 5.69 Å². The summed E-state index contributed by atoms with van der Waals surface area (Å²) in [6, 6.07) is 6.34. The van der Waals surface area contributed by atoms with Gasteiger partial charge in [-0.15, -0.1) is 0 Å². The Balaban J connectivity index is 2.50. The number of amides is 1. The van der Waals surface area contributed by atoms with Crippen LogP contribution in [-0.4, -0.2) is 44.1 Å². The molecular formula is C16H25BrN3O3+. The first-order valence-corrected chi connectivity index (χ1v) is 8.69. The number of hydrogen-bond donors (Lipinski definition) is 3. The molecule has 0 saturated carbocycles. The van der Waals surface area contributed by atoms with Crippen molar-refractivity contribution in [2.45, 2.75) is 26.3 Å². The molecule has 4 N–H and O–H groups in total. The van der Waals surface area contributed by atoms with Crippen molar-refractivity contribution in [2.24, 2.45) is 0 Å². The van der Waals surface area contributed by atoms with E-state index in [0.717, 1.165) is 24.1 Å². The average Bonchev–Trinajstić information content (AvgIpc) is 2.52. The number of carbonyl (C=O) groups excluding carboxylic acids is 2. The highest BCUT2D eigenvalue weighted by molar-refractivity contribution is 9.10. The molecule has 1 aromatic carbocycles. The standard InChI is InChI=1S/C16H24BrN3O3/c1-3-20(4-2)10-9-18-14(16(22)23)11-15(21)19-13-8-6-5-7-12(13)17/h5-8,14,18H,3-4,9-11H2,1-2H3,(H,19,21)(H,22,23)/p+1/t14-/m0/s1. The van der Waals surface area contributed by atoms with Crippen LogP contribution in [0.3, 0.4) is 0 Å². The van der Waals surface area contributed by atoms with Crippen molar-refractivity contribution < 1.29 is 24.9 Å². The number of halogens is 1. The van der Waals surface area contributed by atoms with Gasteiger partial charge in [-0.2, -0.15) is 0 Å². The lowest BCUT2D eigenvalue weighted by Gasteiger charge is -2.19. The zero-order valence-electron chi connectivity index (χ0n) is 13.6. The fraction of sp³-hybridized carbons (Fsp3) is 0.500. The minimum absolute atomic E-state index is 0.114. The Morgan fingerprint density at radius 3 is 2.52 bits per heavy atom. The molecule has 0 fully saturated rings. The second-order valence-corrected chi connectivity index (χ2v) is 6.24. The van der Waals surface area contributed by atoms with Gasteiger partial charge in [0.25, 0.3) is 0 Å². The lowest BCUT2D eigenvalue weighted by Crippen LogP contribution is -3.14. The first-order valence-electron chi connectivity index (χ1n) is 7.90. The molecule has 0 saturated heterocycles. The first-order chi connectivity index (χ1) is 11.0. The van der Waals surface area contributed by atoms with Gasteiger partial charge in [0, 0.05) is 4.47 Å². The second kappa shape index (κ2) is 10.4. The average molecular weight is 387 g/mol. The zero-order chi connectivity index (χ0) is 17.2. The number of likely N-dealkylation sites (N-methyl/N-ethyl adjacent to an activating group) is 1. The fourth-order valence-electron chi connectivity index (χ4n) is 2.32. The van der Waals surface area contributed by atoms with E-state index < -0.39 is 12.0 Å². The highest BCUT2D eigenvalue weighted by atomic mass is 79.9. The van der Waals surface area contributed by atoms with Gasteiger partial charge in [-0.25, -0.2) is 0 Å². The lowest BCUT2D eigenvalue weighted by atomic mass is 10.2. The Morgan fingerprint density at radius 1 is 1.30 bits per heavy atom. The van der Waals surface area contributed by atoms with E-state index in [9.17, 15) is 14.7 Å². The van der Waals surface area contributed by atoms with E-state index in [-0.39, 0.29) is 12.3 Å². The quantitative estimate of drug-likeness (QED) is 0.451. The third-order valence-electron chi connectivity index (χ3n) is 3.81. The molecule has 23 heavy (non-hydrogen) atoms. The van der Waals surface area contributed by atoms with Crippen LogP contribution in [0, 0.1) is 0 Å². The lowest BCUT2D eigenvalue weighted by molar-refractivity contribution is -0.910. The van der Waals surface area contributed by atoms with Crippen molar-refractivity contribution >= 4 is 33.5 Å². The summed E-state index contributed by atoms with van der Waals surface area (Å²) in [7, 11) is 0. The van der Waals surface area contributed by atoms with Crippen LogP contribution >= 0.6 is 15.9 Å². The van der Waals surface area contributed by atoms with Crippen LogP contribution in [0.2, 0.25) is 0 Å². The summed E-state index contributed by atoms with van der Waals surface area (Å²) >= 11 is 3.34. The predicted molar refractivity (Wildman–Crippen MR) is 89.9 cm³/mol. The van der Waals surface area contributed by atoms with Crippen LogP contribution in [0.25, 0.3) is 0 Å². The van der Waals surface area contributed by atoms with Crippen LogP contribution in [0.5, 0.6) is 0 Å². The van der Waals surface area contributed by atoms with Crippen LogP contribution in [0.15, 0.2) is 28.7 Å². The molecule has 0 aliphatic heterocycles. The summed E-state index contributed by atoms with van der Waals surface area (Å²) in [5.74, 6) is -1.54. The number of rotatable bonds is 10. The number of aliphatic carboxylic acids is 1. The maximum absolute atomic E-state index is 12.0. The zero-order valence-corrected chi connectivity index (χ0v) is 15.2. The summed E-state index contributed by atoms with van der Waals surface area (Å²) < 4.78 is 0.757. The number of quaternary nitrogens is 2. The van der Waals surface area contributed by atoms with Gasteiger partial charge in [-0.05, 0) is 41.9 Å². The van der Waals surface area contributed by atoms with Crippen molar-refractivity contribution in [2.75, 3.05) is 31.5 Å². The number of para-hydroxylation sites is 1. The third kappa shape index (κ3) is 7.11. The molecular weight excluding hydrogens is 362 g/mol. The molecule has 1 atom stereocenters. The first kappa shape index (κ1) is 19.6. The largest absolute Gasteiger partial charge is 0.544 e. The van der Waals surface area contributed by atoms with Crippen molar-refractivity contribution in [3.05, 3.63) is 28.7 Å². The highest BCUT2D eigenvalue weighted by Crippen LogP contribution is 2.21. The van der Waals surface area contributed by atoms with Gasteiger partial charge in [-0.1, -0.05) is 12.1 Å². The molecule has 0 unspecified atom stereocenters. The molecule has 7 heteroatoms. The van der Waals surface area contributed by atoms with Crippen LogP contribution in [0.1, 0.15) is 20.3 Å². The number of nitrogens with one attached hydrogen (secondary N) is 2. The number of nitrogens with two attached hydrogens (primary N) is 1. The number of hydrogen-bond acceptors (Lipinski definition) is 3. The third-order valence-corrected chi connectivity index (χ3v) is 4.50. The Morgan fingerprint density at radius 2 is 1.96 bits per heavy atom. The minimum Gasteiger partial charge on any atom is -0.544 e. The molecule has 1 rings (SSSR count). The minimum atomic E-state index is -1.21. The smallest absolute Gasteiger partial charge is 0.230 e. The number of anilines is 1. The summed E-state index contributed by atoms with van der Waals surface area (Å²) in [5.41, 5.74) is 0.627. The molecule has 0 radical (unpaired) electrons. The predicted octanol–water partition coefficient (Wildman–Crippen LogP) is -1.62. The van der Waals surface area contributed by atoms with Gasteiger partial charge < -0.3 is 25.4 Å². The van der Waals surface area contributed by atoms with E-state index in [4.69, 9.17) is 0 Å². The van der Waals surface area contributed by atoms with E-state index in [1.54, 1.807) is 17.4 Å². The van der Waals surface area contributed by atoms with Crippen molar-refractivity contribution in [3.63, 3.8) is 0 Å². The van der Waals surface area contributed by atoms with Gasteiger partial charge in [0.2, 0.25) is 5.91 Å². The van der Waals surface area contributed by atoms with E-state index in [1.807, 2.05) is 12.1 Å². The second-order valence-electron chi connectivity index (χ2n) is 5.39. The van der Waals surface area contributed by atoms with E-state index in [2.05, 4.69) is 35.1 Å². The SMILES string of the molecule is CC[NH+](CC)CC[NH2+][C@@H](CC(=O)Nc1ccccc1Br)C(=O)[O-]. The molecule has 1 amide bonds. The molecule has 0 aliphatic rings. The van der Waals surface area contributed by atoms with Gasteiger partial charge in [0.15, 0.2) is 0 Å². The van der Waals surface area contributed by atoms with Crippen LogP contribution < -0.4 is 20.6 Å². The molecule has 128 valence electrons. The van der Waals surface area contributed by atoms with E-state index >= 15 is 0 Å². The fourth-order valence-corrected chi connectivity index (χ4v) is 2.70. The number of carbonyl (C=O) groups is 2. The van der Waals surface area contributed by atoms with E-state index in [1.165, 1.54) is 4.90 Å². The maximum atomic E-state index is 12.0. The number of benzene rings is 1. The summed E-state index contributed by atoms with van der Waals surface area (Å²) in [5, 5.41) is 15.6. The summed E-state index contributed by atoms with van der Waals surface area (Å²) in [6.07, 6.45) is -0.114. The van der Waals surface area contributed by atoms with Crippen molar-refractivity contribution in [1.29, 1.82) is 0 Å². The molecule has 0 heterocycles. The van der Waals surface area contributed by atoms with Crippen LogP contribution in [-0.2, 0) is 9.59 Å². The Kier molecular flexibility index (Phi) is 8.83. The van der Waals surface area contributed by atoms with E-state index in [0.29, 0.717) is 12.2 Å². The van der Waals surface area contributed by atoms with Gasteiger partial charge in [0.1, 0.15) is 19.1 Å². The van der Waals surface area contributed by atoms with Crippen molar-refractivity contribution in [1.82, 2.24) is 0 Å². The highest BCUT2D eigenvalue weighted by Gasteiger charge is 2.19. The number of carboxylic acids is 1. The normalized spacial score (nSPS) is 12.2.